The normalized spacial score (nSPS) is 18.3. The second-order valence-corrected chi connectivity index (χ2v) is 8.89. The van der Waals surface area contributed by atoms with Crippen molar-refractivity contribution in [1.82, 2.24) is 9.97 Å². The number of anilines is 2. The van der Waals surface area contributed by atoms with E-state index in [9.17, 15) is 13.2 Å². The van der Waals surface area contributed by atoms with Crippen LogP contribution in [-0.4, -0.2) is 47.9 Å². The number of para-hydroxylation sites is 2. The first-order valence-electron chi connectivity index (χ1n) is 8.68. The molecular weight excluding hydrogens is 368 g/mol. The fraction of sp³-hybridized carbons (Fsp3) is 0.389. The highest BCUT2D eigenvalue weighted by molar-refractivity contribution is 7.91. The molecule has 2 aromatic rings. The number of sulfone groups is 1. The lowest BCUT2D eigenvalue weighted by Gasteiger charge is -2.15. The lowest BCUT2D eigenvalue weighted by Crippen LogP contribution is -2.22. The second kappa shape index (κ2) is 7.91. The molecule has 8 nitrogen and oxygen atoms in total. The zero-order valence-electron chi connectivity index (χ0n) is 15.2. The number of nitrogens with zero attached hydrogens (tertiary/aromatic N) is 2. The highest BCUT2D eigenvalue weighted by atomic mass is 32.2. The van der Waals surface area contributed by atoms with E-state index in [1.54, 1.807) is 12.1 Å². The summed E-state index contributed by atoms with van der Waals surface area (Å²) in [5.41, 5.74) is 0.855. The fourth-order valence-corrected chi connectivity index (χ4v) is 4.41. The molecule has 3 rings (SSSR count). The molecule has 9 heteroatoms. The number of benzene rings is 1. The maximum absolute atomic E-state index is 12.4. The Hall–Kier alpha value is -2.68. The summed E-state index contributed by atoms with van der Waals surface area (Å²) >= 11 is 0. The Balaban J connectivity index is 1.64. The first kappa shape index (κ1) is 19.1. The van der Waals surface area contributed by atoms with Gasteiger partial charge < -0.3 is 15.4 Å². The Labute approximate surface area is 158 Å². The quantitative estimate of drug-likeness (QED) is 0.777. The molecule has 1 aliphatic rings. The van der Waals surface area contributed by atoms with Crippen molar-refractivity contribution in [3.63, 3.8) is 0 Å². The third-order valence-corrected chi connectivity index (χ3v) is 5.75. The number of hydrogen-bond acceptors (Lipinski definition) is 7. The largest absolute Gasteiger partial charge is 0.489 e. The smallest absolute Gasteiger partial charge is 0.258 e. The van der Waals surface area contributed by atoms with Gasteiger partial charge in [-0.3, -0.25) is 4.79 Å². The van der Waals surface area contributed by atoms with Crippen LogP contribution in [0.5, 0.6) is 5.75 Å². The minimum absolute atomic E-state index is 0.0175. The summed E-state index contributed by atoms with van der Waals surface area (Å²) in [4.78, 5) is 20.7. The van der Waals surface area contributed by atoms with Crippen LogP contribution >= 0.6 is 0 Å². The molecule has 2 N–H and O–H groups in total. The molecule has 144 valence electrons. The van der Waals surface area contributed by atoms with E-state index in [1.807, 2.05) is 26.0 Å². The number of aromatic nitrogens is 2. The van der Waals surface area contributed by atoms with Gasteiger partial charge in [0.1, 0.15) is 5.75 Å². The minimum Gasteiger partial charge on any atom is -0.489 e. The van der Waals surface area contributed by atoms with Crippen LogP contribution in [0.3, 0.4) is 0 Å². The molecule has 0 spiro atoms. The standard InChI is InChI=1S/C18H22N4O4S/c1-12(2)26-16-6-4-3-5-15(16)22-17(23)13-9-19-18(20-10-13)21-14-7-8-27(24,25)11-14/h3-6,9-10,12,14H,7-8,11H2,1-2H3,(H,22,23)(H,19,20,21). The van der Waals surface area contributed by atoms with Crippen LogP contribution in [-0.2, 0) is 9.84 Å². The Kier molecular flexibility index (Phi) is 5.59. The molecule has 1 unspecified atom stereocenters. The summed E-state index contributed by atoms with van der Waals surface area (Å²) in [5, 5.41) is 5.78. The van der Waals surface area contributed by atoms with Gasteiger partial charge in [-0.05, 0) is 32.4 Å². The summed E-state index contributed by atoms with van der Waals surface area (Å²) in [6.45, 7) is 3.82. The second-order valence-electron chi connectivity index (χ2n) is 6.66. The van der Waals surface area contributed by atoms with Gasteiger partial charge >= 0.3 is 0 Å². The molecule has 1 atom stereocenters. The average molecular weight is 390 g/mol. The van der Waals surface area contributed by atoms with Crippen LogP contribution < -0.4 is 15.4 Å². The van der Waals surface area contributed by atoms with Gasteiger partial charge in [0.2, 0.25) is 5.95 Å². The summed E-state index contributed by atoms with van der Waals surface area (Å²) < 4.78 is 28.7. The van der Waals surface area contributed by atoms with Crippen molar-refractivity contribution in [2.45, 2.75) is 32.4 Å². The SMILES string of the molecule is CC(C)Oc1ccccc1NC(=O)c1cnc(NC2CCS(=O)(=O)C2)nc1. The number of nitrogens with one attached hydrogen (secondary N) is 2. The Bertz CT molecular complexity index is 913. The van der Waals surface area contributed by atoms with E-state index in [-0.39, 0.29) is 29.6 Å². The predicted molar refractivity (Wildman–Crippen MR) is 103 cm³/mol. The molecule has 0 saturated carbocycles. The van der Waals surface area contributed by atoms with Crippen molar-refractivity contribution in [2.24, 2.45) is 0 Å². The van der Waals surface area contributed by atoms with Gasteiger partial charge in [-0.25, -0.2) is 18.4 Å². The summed E-state index contributed by atoms with van der Waals surface area (Å²) in [6, 6.07) is 6.99. The molecule has 0 aliphatic carbocycles. The maximum Gasteiger partial charge on any atom is 0.258 e. The monoisotopic (exact) mass is 390 g/mol. The number of carbonyl (C=O) groups is 1. The molecule has 27 heavy (non-hydrogen) atoms. The Morgan fingerprint density at radius 1 is 1.22 bits per heavy atom. The van der Waals surface area contributed by atoms with Gasteiger partial charge in [-0.1, -0.05) is 12.1 Å². The highest BCUT2D eigenvalue weighted by Gasteiger charge is 2.28. The first-order valence-corrected chi connectivity index (χ1v) is 10.5. The van der Waals surface area contributed by atoms with Crippen molar-refractivity contribution < 1.29 is 17.9 Å². The van der Waals surface area contributed by atoms with E-state index >= 15 is 0 Å². The zero-order valence-corrected chi connectivity index (χ0v) is 16.0. The third-order valence-electron chi connectivity index (χ3n) is 3.98. The van der Waals surface area contributed by atoms with Crippen molar-refractivity contribution in [3.8, 4) is 5.75 Å². The predicted octanol–water partition coefficient (Wildman–Crippen LogP) is 2.12. The van der Waals surface area contributed by atoms with Crippen LogP contribution in [0, 0.1) is 0 Å². The molecule has 2 heterocycles. The van der Waals surface area contributed by atoms with Gasteiger partial charge in [0, 0.05) is 18.4 Å². The first-order chi connectivity index (χ1) is 12.8. The molecule has 1 aromatic heterocycles. The van der Waals surface area contributed by atoms with E-state index in [0.717, 1.165) is 0 Å². The summed E-state index contributed by atoms with van der Waals surface area (Å²) in [6.07, 6.45) is 3.32. The maximum atomic E-state index is 12.4. The average Bonchev–Trinajstić information content (AvgIpc) is 2.95. The van der Waals surface area contributed by atoms with Crippen LogP contribution in [0.1, 0.15) is 30.6 Å². The van der Waals surface area contributed by atoms with E-state index < -0.39 is 9.84 Å². The topological polar surface area (TPSA) is 110 Å². The highest BCUT2D eigenvalue weighted by Crippen LogP contribution is 2.25. The van der Waals surface area contributed by atoms with Crippen molar-refractivity contribution in [3.05, 3.63) is 42.2 Å². The van der Waals surface area contributed by atoms with Gasteiger partial charge in [-0.2, -0.15) is 0 Å². The molecule has 0 radical (unpaired) electrons. The van der Waals surface area contributed by atoms with E-state index in [1.165, 1.54) is 12.4 Å². The third kappa shape index (κ3) is 5.16. The fourth-order valence-electron chi connectivity index (χ4n) is 2.73. The lowest BCUT2D eigenvalue weighted by molar-refractivity contribution is 0.102. The number of amides is 1. The van der Waals surface area contributed by atoms with Gasteiger partial charge in [-0.15, -0.1) is 0 Å². The van der Waals surface area contributed by atoms with Crippen molar-refractivity contribution in [2.75, 3.05) is 22.1 Å². The summed E-state index contributed by atoms with van der Waals surface area (Å²) in [7, 11) is -2.98. The number of ether oxygens (including phenoxy) is 1. The molecule has 1 saturated heterocycles. The van der Waals surface area contributed by atoms with E-state index in [4.69, 9.17) is 4.74 Å². The van der Waals surface area contributed by atoms with Gasteiger partial charge in [0.25, 0.3) is 5.91 Å². The van der Waals surface area contributed by atoms with Gasteiger partial charge in [0.15, 0.2) is 9.84 Å². The molecular formula is C18H22N4O4S. The Morgan fingerprint density at radius 3 is 2.56 bits per heavy atom. The number of carbonyl (C=O) groups excluding carboxylic acids is 1. The van der Waals surface area contributed by atoms with Crippen molar-refractivity contribution in [1.29, 1.82) is 0 Å². The van der Waals surface area contributed by atoms with E-state index in [2.05, 4.69) is 20.6 Å². The van der Waals surface area contributed by atoms with Crippen LogP contribution in [0.2, 0.25) is 0 Å². The molecule has 1 aliphatic heterocycles. The van der Waals surface area contributed by atoms with E-state index in [0.29, 0.717) is 29.4 Å². The number of hydrogen-bond donors (Lipinski definition) is 2. The molecule has 1 aromatic carbocycles. The lowest BCUT2D eigenvalue weighted by atomic mass is 10.2. The number of rotatable bonds is 6. The minimum atomic E-state index is -2.98. The zero-order chi connectivity index (χ0) is 19.4. The van der Waals surface area contributed by atoms with Crippen molar-refractivity contribution >= 4 is 27.4 Å². The van der Waals surface area contributed by atoms with Crippen LogP contribution in [0.25, 0.3) is 0 Å². The van der Waals surface area contributed by atoms with Crippen LogP contribution in [0.15, 0.2) is 36.7 Å². The Morgan fingerprint density at radius 2 is 1.93 bits per heavy atom. The molecule has 0 bridgehead atoms. The van der Waals surface area contributed by atoms with Gasteiger partial charge in [0.05, 0.1) is 28.9 Å². The molecule has 1 fully saturated rings. The summed E-state index contributed by atoms with van der Waals surface area (Å²) in [5.74, 6) is 0.776. The van der Waals surface area contributed by atoms with Crippen LogP contribution in [0.4, 0.5) is 11.6 Å². The molecule has 1 amide bonds.